The van der Waals surface area contributed by atoms with E-state index in [4.69, 9.17) is 5.26 Å². The quantitative estimate of drug-likeness (QED) is 0.818. The van der Waals surface area contributed by atoms with Crippen molar-refractivity contribution in [2.75, 3.05) is 0 Å². The van der Waals surface area contributed by atoms with Gasteiger partial charge in [-0.15, -0.1) is 0 Å². The van der Waals surface area contributed by atoms with Crippen LogP contribution < -0.4 is 5.32 Å². The molecule has 5 heteroatoms. The van der Waals surface area contributed by atoms with E-state index >= 15 is 0 Å². The van der Waals surface area contributed by atoms with Crippen LogP contribution in [0.1, 0.15) is 23.1 Å². The summed E-state index contributed by atoms with van der Waals surface area (Å²) in [6, 6.07) is 17.3. The molecule has 0 saturated carbocycles. The van der Waals surface area contributed by atoms with Gasteiger partial charge in [0.15, 0.2) is 0 Å². The SMILES string of the molecule is N#Cc1cccc(C[C@@H](NC(=O)CCc2ccccc2)C(=O)O)c1. The number of nitrogens with one attached hydrogen (secondary N) is 1. The van der Waals surface area contributed by atoms with E-state index in [0.29, 0.717) is 17.5 Å². The molecule has 1 atom stereocenters. The van der Waals surface area contributed by atoms with Gasteiger partial charge >= 0.3 is 5.97 Å². The van der Waals surface area contributed by atoms with Crippen LogP contribution in [0.15, 0.2) is 54.6 Å². The molecule has 2 rings (SSSR count). The van der Waals surface area contributed by atoms with Gasteiger partial charge in [0.1, 0.15) is 6.04 Å². The number of aliphatic carboxylic acids is 1. The Labute approximate surface area is 140 Å². The summed E-state index contributed by atoms with van der Waals surface area (Å²) in [5.41, 5.74) is 2.19. The van der Waals surface area contributed by atoms with Gasteiger partial charge in [0.25, 0.3) is 0 Å². The number of carbonyl (C=O) groups excluding carboxylic acids is 1. The van der Waals surface area contributed by atoms with Crippen molar-refractivity contribution in [2.24, 2.45) is 0 Å². The van der Waals surface area contributed by atoms with Gasteiger partial charge in [-0.3, -0.25) is 4.79 Å². The minimum atomic E-state index is -1.09. The van der Waals surface area contributed by atoms with E-state index in [2.05, 4.69) is 5.32 Å². The molecule has 0 saturated heterocycles. The lowest BCUT2D eigenvalue weighted by Crippen LogP contribution is -2.42. The van der Waals surface area contributed by atoms with Crippen LogP contribution in [0.5, 0.6) is 0 Å². The monoisotopic (exact) mass is 322 g/mol. The third kappa shape index (κ3) is 5.25. The van der Waals surface area contributed by atoms with E-state index in [9.17, 15) is 14.7 Å². The van der Waals surface area contributed by atoms with Crippen LogP contribution >= 0.6 is 0 Å². The smallest absolute Gasteiger partial charge is 0.326 e. The lowest BCUT2D eigenvalue weighted by Gasteiger charge is -2.15. The van der Waals surface area contributed by atoms with Gasteiger partial charge in [-0.1, -0.05) is 42.5 Å². The Morgan fingerprint density at radius 1 is 1.08 bits per heavy atom. The first-order valence-electron chi connectivity index (χ1n) is 7.63. The van der Waals surface area contributed by atoms with E-state index in [1.165, 1.54) is 0 Å². The van der Waals surface area contributed by atoms with E-state index < -0.39 is 12.0 Å². The maximum absolute atomic E-state index is 12.0. The second kappa shape index (κ2) is 8.49. The number of nitrogens with zero attached hydrogens (tertiary/aromatic N) is 1. The first kappa shape index (κ1) is 17.2. The summed E-state index contributed by atoms with van der Waals surface area (Å²) in [5.74, 6) is -1.40. The Kier molecular flexibility index (Phi) is 6.09. The third-order valence-electron chi connectivity index (χ3n) is 3.61. The molecule has 0 aromatic heterocycles. The molecule has 2 N–H and O–H groups in total. The van der Waals surface area contributed by atoms with E-state index in [1.54, 1.807) is 24.3 Å². The molecule has 2 aromatic carbocycles. The zero-order valence-electron chi connectivity index (χ0n) is 13.1. The number of carboxylic acid groups (broad SMARTS) is 1. The standard InChI is InChI=1S/C19H18N2O3/c20-13-16-8-4-7-15(11-16)12-17(19(23)24)21-18(22)10-9-14-5-2-1-3-6-14/h1-8,11,17H,9-10,12H2,(H,21,22)(H,23,24)/t17-/m1/s1. The Morgan fingerprint density at radius 3 is 2.46 bits per heavy atom. The van der Waals surface area contributed by atoms with Crippen molar-refractivity contribution in [3.8, 4) is 6.07 Å². The van der Waals surface area contributed by atoms with Crippen LogP contribution in [0, 0.1) is 11.3 Å². The number of amides is 1. The summed E-state index contributed by atoms with van der Waals surface area (Å²) >= 11 is 0. The summed E-state index contributed by atoms with van der Waals surface area (Å²) in [6.45, 7) is 0. The van der Waals surface area contributed by atoms with Gasteiger partial charge in [0, 0.05) is 12.8 Å². The second-order valence-electron chi connectivity index (χ2n) is 5.46. The highest BCUT2D eigenvalue weighted by atomic mass is 16.4. The summed E-state index contributed by atoms with van der Waals surface area (Å²) in [5, 5.41) is 20.8. The van der Waals surface area contributed by atoms with Crippen molar-refractivity contribution < 1.29 is 14.7 Å². The highest BCUT2D eigenvalue weighted by molar-refractivity contribution is 5.83. The molecule has 0 aliphatic carbocycles. The molecule has 0 radical (unpaired) electrons. The molecular formula is C19H18N2O3. The number of benzene rings is 2. The van der Waals surface area contributed by atoms with E-state index in [1.807, 2.05) is 36.4 Å². The molecule has 122 valence electrons. The zero-order chi connectivity index (χ0) is 17.4. The minimum Gasteiger partial charge on any atom is -0.480 e. The number of aryl methyl sites for hydroxylation is 1. The number of hydrogen-bond donors (Lipinski definition) is 2. The van der Waals surface area contributed by atoms with Gasteiger partial charge in [0.05, 0.1) is 11.6 Å². The van der Waals surface area contributed by atoms with Crippen LogP contribution in [0.2, 0.25) is 0 Å². The Hall–Kier alpha value is -3.13. The second-order valence-corrected chi connectivity index (χ2v) is 5.46. The highest BCUT2D eigenvalue weighted by Gasteiger charge is 2.20. The summed E-state index contributed by atoms with van der Waals surface area (Å²) < 4.78 is 0. The normalized spacial score (nSPS) is 11.3. The molecule has 0 heterocycles. The van der Waals surface area contributed by atoms with Gasteiger partial charge in [-0.05, 0) is 29.7 Å². The van der Waals surface area contributed by atoms with Gasteiger partial charge in [-0.2, -0.15) is 5.26 Å². The van der Waals surface area contributed by atoms with Crippen molar-refractivity contribution in [2.45, 2.75) is 25.3 Å². The summed E-state index contributed by atoms with van der Waals surface area (Å²) in [6.07, 6.45) is 0.927. The van der Waals surface area contributed by atoms with Gasteiger partial charge in [0.2, 0.25) is 5.91 Å². The number of carboxylic acids is 1. The molecule has 0 aliphatic heterocycles. The van der Waals surface area contributed by atoms with Crippen molar-refractivity contribution in [3.63, 3.8) is 0 Å². The lowest BCUT2D eigenvalue weighted by molar-refractivity contribution is -0.141. The number of nitriles is 1. The summed E-state index contributed by atoms with van der Waals surface area (Å²) in [4.78, 5) is 23.4. The topological polar surface area (TPSA) is 90.2 Å². The fourth-order valence-electron chi connectivity index (χ4n) is 2.37. The number of carbonyl (C=O) groups is 2. The lowest BCUT2D eigenvalue weighted by atomic mass is 10.0. The molecule has 5 nitrogen and oxygen atoms in total. The van der Waals surface area contributed by atoms with Gasteiger partial charge < -0.3 is 10.4 Å². The van der Waals surface area contributed by atoms with Crippen LogP contribution in [0.4, 0.5) is 0 Å². The minimum absolute atomic E-state index is 0.141. The summed E-state index contributed by atoms with van der Waals surface area (Å²) in [7, 11) is 0. The molecular weight excluding hydrogens is 304 g/mol. The van der Waals surface area contributed by atoms with Crippen LogP contribution in [-0.4, -0.2) is 23.0 Å². The number of hydrogen-bond acceptors (Lipinski definition) is 3. The predicted molar refractivity (Wildman–Crippen MR) is 89.2 cm³/mol. The first-order chi connectivity index (χ1) is 11.6. The molecule has 0 spiro atoms. The Bertz CT molecular complexity index is 751. The zero-order valence-corrected chi connectivity index (χ0v) is 13.1. The van der Waals surface area contributed by atoms with Crippen molar-refractivity contribution in [3.05, 3.63) is 71.3 Å². The maximum atomic E-state index is 12.0. The average Bonchev–Trinajstić information content (AvgIpc) is 2.60. The molecule has 24 heavy (non-hydrogen) atoms. The maximum Gasteiger partial charge on any atom is 0.326 e. The molecule has 0 aliphatic rings. The van der Waals surface area contributed by atoms with Crippen LogP contribution in [0.3, 0.4) is 0 Å². The van der Waals surface area contributed by atoms with Gasteiger partial charge in [-0.25, -0.2) is 4.79 Å². The molecule has 0 bridgehead atoms. The fourth-order valence-corrected chi connectivity index (χ4v) is 2.37. The third-order valence-corrected chi connectivity index (χ3v) is 3.61. The van der Waals surface area contributed by atoms with Crippen LogP contribution in [0.25, 0.3) is 0 Å². The van der Waals surface area contributed by atoms with Crippen molar-refractivity contribution in [1.29, 1.82) is 5.26 Å². The predicted octanol–water partition coefficient (Wildman–Crippen LogP) is 2.30. The Balaban J connectivity index is 1.94. The molecule has 2 aromatic rings. The van der Waals surface area contributed by atoms with Crippen LogP contribution in [-0.2, 0) is 22.4 Å². The van der Waals surface area contributed by atoms with Crippen molar-refractivity contribution in [1.82, 2.24) is 5.32 Å². The first-order valence-corrected chi connectivity index (χ1v) is 7.63. The highest BCUT2D eigenvalue weighted by Crippen LogP contribution is 2.08. The Morgan fingerprint density at radius 2 is 1.79 bits per heavy atom. The molecule has 0 unspecified atom stereocenters. The van der Waals surface area contributed by atoms with E-state index in [-0.39, 0.29) is 18.7 Å². The molecule has 0 fully saturated rings. The number of rotatable bonds is 7. The fraction of sp³-hybridized carbons (Fsp3) is 0.211. The average molecular weight is 322 g/mol. The van der Waals surface area contributed by atoms with Crippen molar-refractivity contribution >= 4 is 11.9 Å². The largest absolute Gasteiger partial charge is 0.480 e. The van der Waals surface area contributed by atoms with E-state index in [0.717, 1.165) is 5.56 Å². The molecule has 1 amide bonds.